The zero-order valence-corrected chi connectivity index (χ0v) is 12.3. The molecule has 0 unspecified atom stereocenters. The molecular formula is C15H17N3S. The molecule has 0 aliphatic carbocycles. The summed E-state index contributed by atoms with van der Waals surface area (Å²) in [5.41, 5.74) is 6.04. The molecule has 0 amide bonds. The van der Waals surface area contributed by atoms with Crippen LogP contribution in [0, 0.1) is 13.8 Å². The molecule has 1 aliphatic rings. The lowest BCUT2D eigenvalue weighted by atomic mass is 10.0. The summed E-state index contributed by atoms with van der Waals surface area (Å²) in [4.78, 5) is 9.46. The Kier molecular flexibility index (Phi) is 3.19. The zero-order chi connectivity index (χ0) is 13.4. The molecule has 0 saturated heterocycles. The van der Waals surface area contributed by atoms with Gasteiger partial charge in [0.05, 0.1) is 5.69 Å². The fraction of sp³-hybridized carbons (Fsp3) is 0.333. The summed E-state index contributed by atoms with van der Waals surface area (Å²) in [7, 11) is 1.93. The molecule has 0 saturated carbocycles. The van der Waals surface area contributed by atoms with E-state index in [0.29, 0.717) is 0 Å². The number of fused-ring (bicyclic) bond motifs is 1. The number of aryl methyl sites for hydroxylation is 2. The predicted octanol–water partition coefficient (Wildman–Crippen LogP) is 3.55. The first-order valence-electron chi connectivity index (χ1n) is 6.42. The quantitative estimate of drug-likeness (QED) is 0.906. The van der Waals surface area contributed by atoms with Gasteiger partial charge in [-0.05, 0) is 25.5 Å². The van der Waals surface area contributed by atoms with E-state index in [4.69, 9.17) is 9.97 Å². The standard InChI is InChI=1S/C15H17N3S/c1-9-4-5-10(2)11(6-9)15-17-13-8-19-7-12(13)14(16-3)18-15/h4-6H,7-8H2,1-3H3,(H,16,17,18). The molecule has 3 rings (SSSR count). The second kappa shape index (κ2) is 4.85. The van der Waals surface area contributed by atoms with E-state index >= 15 is 0 Å². The Morgan fingerprint density at radius 3 is 2.79 bits per heavy atom. The van der Waals surface area contributed by atoms with Crippen LogP contribution in [0.15, 0.2) is 18.2 Å². The Hall–Kier alpha value is -1.55. The largest absolute Gasteiger partial charge is 0.373 e. The topological polar surface area (TPSA) is 37.8 Å². The van der Waals surface area contributed by atoms with Gasteiger partial charge < -0.3 is 5.32 Å². The van der Waals surface area contributed by atoms with Crippen molar-refractivity contribution < 1.29 is 0 Å². The number of nitrogens with one attached hydrogen (secondary N) is 1. The van der Waals surface area contributed by atoms with Crippen LogP contribution in [0.25, 0.3) is 11.4 Å². The van der Waals surface area contributed by atoms with Gasteiger partial charge in [-0.3, -0.25) is 0 Å². The molecule has 1 aliphatic heterocycles. The molecular weight excluding hydrogens is 254 g/mol. The Bertz CT molecular complexity index is 638. The van der Waals surface area contributed by atoms with Gasteiger partial charge in [0.25, 0.3) is 0 Å². The Balaban J connectivity index is 2.18. The first-order chi connectivity index (χ1) is 9.19. The first kappa shape index (κ1) is 12.5. The number of rotatable bonds is 2. The number of benzene rings is 1. The minimum atomic E-state index is 0.840. The van der Waals surface area contributed by atoms with E-state index < -0.39 is 0 Å². The SMILES string of the molecule is CNc1nc(-c2cc(C)ccc2C)nc2c1CSC2. The van der Waals surface area contributed by atoms with Crippen molar-refractivity contribution in [1.29, 1.82) is 0 Å². The minimum Gasteiger partial charge on any atom is -0.373 e. The van der Waals surface area contributed by atoms with Crippen LogP contribution < -0.4 is 5.32 Å². The third-order valence-electron chi connectivity index (χ3n) is 3.45. The maximum absolute atomic E-state index is 4.76. The zero-order valence-electron chi connectivity index (χ0n) is 11.4. The van der Waals surface area contributed by atoms with Gasteiger partial charge in [-0.1, -0.05) is 17.7 Å². The molecule has 19 heavy (non-hydrogen) atoms. The third kappa shape index (κ3) is 2.21. The third-order valence-corrected chi connectivity index (χ3v) is 4.42. The summed E-state index contributed by atoms with van der Waals surface area (Å²) >= 11 is 1.90. The number of thioether (sulfide) groups is 1. The Morgan fingerprint density at radius 2 is 2.00 bits per heavy atom. The van der Waals surface area contributed by atoms with Gasteiger partial charge in [-0.15, -0.1) is 0 Å². The maximum atomic E-state index is 4.76. The average Bonchev–Trinajstić information content (AvgIpc) is 2.88. The molecule has 0 atom stereocenters. The average molecular weight is 271 g/mol. The highest BCUT2D eigenvalue weighted by molar-refractivity contribution is 7.98. The highest BCUT2D eigenvalue weighted by Crippen LogP contribution is 2.34. The summed E-state index contributed by atoms with van der Waals surface area (Å²) < 4.78 is 0. The molecule has 2 heterocycles. The lowest BCUT2D eigenvalue weighted by molar-refractivity contribution is 1.07. The second-order valence-electron chi connectivity index (χ2n) is 4.88. The fourth-order valence-corrected chi connectivity index (χ4v) is 3.40. The van der Waals surface area contributed by atoms with E-state index in [0.717, 1.165) is 28.7 Å². The molecule has 2 aromatic rings. The van der Waals surface area contributed by atoms with Crippen molar-refractivity contribution in [2.75, 3.05) is 12.4 Å². The molecule has 0 fully saturated rings. The van der Waals surface area contributed by atoms with Gasteiger partial charge >= 0.3 is 0 Å². The molecule has 0 bridgehead atoms. The van der Waals surface area contributed by atoms with Crippen LogP contribution in [-0.2, 0) is 11.5 Å². The number of hydrogen-bond acceptors (Lipinski definition) is 4. The molecule has 0 spiro atoms. The van der Waals surface area contributed by atoms with Gasteiger partial charge in [0, 0.05) is 29.7 Å². The summed E-state index contributed by atoms with van der Waals surface area (Å²) in [5.74, 6) is 3.82. The van der Waals surface area contributed by atoms with Crippen LogP contribution in [0.2, 0.25) is 0 Å². The number of anilines is 1. The van der Waals surface area contributed by atoms with Gasteiger partial charge in [0.1, 0.15) is 5.82 Å². The smallest absolute Gasteiger partial charge is 0.162 e. The van der Waals surface area contributed by atoms with Gasteiger partial charge in [0.15, 0.2) is 5.82 Å². The number of aromatic nitrogens is 2. The van der Waals surface area contributed by atoms with Crippen LogP contribution in [0.4, 0.5) is 5.82 Å². The molecule has 98 valence electrons. The van der Waals surface area contributed by atoms with Crippen LogP contribution in [0.5, 0.6) is 0 Å². The van der Waals surface area contributed by atoms with Gasteiger partial charge in [-0.2, -0.15) is 11.8 Å². The summed E-state index contributed by atoms with van der Waals surface area (Å²) in [6, 6.07) is 6.43. The number of hydrogen-bond donors (Lipinski definition) is 1. The van der Waals surface area contributed by atoms with Crippen molar-refractivity contribution in [2.45, 2.75) is 25.4 Å². The van der Waals surface area contributed by atoms with Crippen molar-refractivity contribution in [3.8, 4) is 11.4 Å². The van der Waals surface area contributed by atoms with E-state index in [1.807, 2.05) is 18.8 Å². The van der Waals surface area contributed by atoms with Crippen LogP contribution in [0.1, 0.15) is 22.4 Å². The van der Waals surface area contributed by atoms with Crippen LogP contribution in [-0.4, -0.2) is 17.0 Å². The molecule has 1 N–H and O–H groups in total. The summed E-state index contributed by atoms with van der Waals surface area (Å²) in [6.07, 6.45) is 0. The van der Waals surface area contributed by atoms with Crippen molar-refractivity contribution >= 4 is 17.6 Å². The van der Waals surface area contributed by atoms with Crippen molar-refractivity contribution in [3.63, 3.8) is 0 Å². The lowest BCUT2D eigenvalue weighted by Gasteiger charge is -2.11. The van der Waals surface area contributed by atoms with E-state index in [1.54, 1.807) is 0 Å². The van der Waals surface area contributed by atoms with Crippen LogP contribution in [0.3, 0.4) is 0 Å². The maximum Gasteiger partial charge on any atom is 0.162 e. The number of nitrogens with zero attached hydrogens (tertiary/aromatic N) is 2. The van der Waals surface area contributed by atoms with Crippen LogP contribution >= 0.6 is 11.8 Å². The molecule has 1 aromatic carbocycles. The monoisotopic (exact) mass is 271 g/mol. The Morgan fingerprint density at radius 1 is 1.16 bits per heavy atom. The predicted molar refractivity (Wildman–Crippen MR) is 81.5 cm³/mol. The lowest BCUT2D eigenvalue weighted by Crippen LogP contribution is -2.04. The normalized spacial score (nSPS) is 13.4. The first-order valence-corrected chi connectivity index (χ1v) is 7.57. The molecule has 4 heteroatoms. The van der Waals surface area contributed by atoms with E-state index in [1.165, 1.54) is 22.4 Å². The summed E-state index contributed by atoms with van der Waals surface area (Å²) in [5, 5.41) is 3.21. The molecule has 1 aromatic heterocycles. The highest BCUT2D eigenvalue weighted by atomic mass is 32.2. The van der Waals surface area contributed by atoms with E-state index in [-0.39, 0.29) is 0 Å². The van der Waals surface area contributed by atoms with Crippen molar-refractivity contribution in [1.82, 2.24) is 9.97 Å². The van der Waals surface area contributed by atoms with Crippen molar-refractivity contribution in [2.24, 2.45) is 0 Å². The second-order valence-corrected chi connectivity index (χ2v) is 5.87. The van der Waals surface area contributed by atoms with E-state index in [9.17, 15) is 0 Å². The minimum absolute atomic E-state index is 0.840. The summed E-state index contributed by atoms with van der Waals surface area (Å²) in [6.45, 7) is 4.21. The van der Waals surface area contributed by atoms with Gasteiger partial charge in [0.2, 0.25) is 0 Å². The fourth-order valence-electron chi connectivity index (χ4n) is 2.36. The highest BCUT2D eigenvalue weighted by Gasteiger charge is 2.20. The van der Waals surface area contributed by atoms with Gasteiger partial charge in [-0.25, -0.2) is 9.97 Å². The van der Waals surface area contributed by atoms with Crippen molar-refractivity contribution in [3.05, 3.63) is 40.6 Å². The van der Waals surface area contributed by atoms with E-state index in [2.05, 4.69) is 37.4 Å². The Labute approximate surface area is 117 Å². The molecule has 0 radical (unpaired) electrons. The molecule has 3 nitrogen and oxygen atoms in total.